The molecule has 1 fully saturated rings. The second-order valence-corrected chi connectivity index (χ2v) is 4.26. The molecule has 0 aromatic rings. The highest BCUT2D eigenvalue weighted by molar-refractivity contribution is 6.21. The van der Waals surface area contributed by atoms with Crippen molar-refractivity contribution in [3.63, 3.8) is 0 Å². The summed E-state index contributed by atoms with van der Waals surface area (Å²) in [4.78, 5) is 0. The molecule has 1 aliphatic carbocycles. The Bertz CT molecular complexity index is 161. The molecule has 0 radical (unpaired) electrons. The Morgan fingerprint density at radius 3 is 2.50 bits per heavy atom. The number of halogens is 3. The summed E-state index contributed by atoms with van der Waals surface area (Å²) in [6, 6.07) is 0. The minimum absolute atomic E-state index is 0.0557. The van der Waals surface area contributed by atoms with Crippen LogP contribution < -0.4 is 0 Å². The Morgan fingerprint density at radius 1 is 1.58 bits per heavy atom. The fourth-order valence-electron chi connectivity index (χ4n) is 1.31. The number of alkyl halides is 3. The second-order valence-electron chi connectivity index (χ2n) is 3.74. The predicted molar refractivity (Wildman–Crippen MR) is 43.8 cm³/mol. The summed E-state index contributed by atoms with van der Waals surface area (Å²) in [7, 11) is 0. The van der Waals surface area contributed by atoms with Gasteiger partial charge in [-0.1, -0.05) is 13.8 Å². The molecule has 0 spiro atoms. The number of hydrogen-bond acceptors (Lipinski definition) is 1. The maximum atomic E-state index is 11.7. The van der Waals surface area contributed by atoms with Crippen LogP contribution in [0.15, 0.2) is 0 Å². The van der Waals surface area contributed by atoms with Crippen LogP contribution in [0.25, 0.3) is 0 Å². The van der Waals surface area contributed by atoms with E-state index in [0.717, 1.165) is 0 Å². The maximum absolute atomic E-state index is 11.7. The molecule has 0 bridgehead atoms. The fourth-order valence-corrected chi connectivity index (χ4v) is 1.61. The van der Waals surface area contributed by atoms with E-state index in [0.29, 0.717) is 6.42 Å². The molecule has 0 saturated heterocycles. The van der Waals surface area contributed by atoms with E-state index in [2.05, 4.69) is 0 Å². The van der Waals surface area contributed by atoms with Gasteiger partial charge < -0.3 is 4.74 Å². The summed E-state index contributed by atoms with van der Waals surface area (Å²) in [5.41, 5.74) is -0.156. The summed E-state index contributed by atoms with van der Waals surface area (Å²) in [5, 5.41) is 0.0557. The molecule has 12 heavy (non-hydrogen) atoms. The van der Waals surface area contributed by atoms with Crippen LogP contribution in [0.3, 0.4) is 0 Å². The Hall–Kier alpha value is 0.110. The zero-order valence-electron chi connectivity index (χ0n) is 7.19. The van der Waals surface area contributed by atoms with Gasteiger partial charge in [-0.05, 0) is 6.42 Å². The minimum Gasteiger partial charge on any atom is -0.372 e. The van der Waals surface area contributed by atoms with E-state index >= 15 is 0 Å². The zero-order valence-corrected chi connectivity index (χ0v) is 7.94. The summed E-state index contributed by atoms with van der Waals surface area (Å²) >= 11 is 5.88. The van der Waals surface area contributed by atoms with E-state index in [1.54, 1.807) is 0 Å². The third-order valence-electron chi connectivity index (χ3n) is 2.48. The highest BCUT2D eigenvalue weighted by Crippen LogP contribution is 2.46. The molecule has 4 heteroatoms. The van der Waals surface area contributed by atoms with Gasteiger partial charge in [-0.2, -0.15) is 0 Å². The predicted octanol–water partition coefficient (Wildman–Crippen LogP) is 2.67. The van der Waals surface area contributed by atoms with Gasteiger partial charge in [0.15, 0.2) is 0 Å². The molecule has 1 nitrogen and oxygen atoms in total. The quantitative estimate of drug-likeness (QED) is 0.634. The summed E-state index contributed by atoms with van der Waals surface area (Å²) in [5.74, 6) is 0. The van der Waals surface area contributed by atoms with Crippen molar-refractivity contribution in [2.75, 3.05) is 6.61 Å². The Labute approximate surface area is 76.0 Å². The van der Waals surface area contributed by atoms with Crippen LogP contribution in [0, 0.1) is 5.41 Å². The van der Waals surface area contributed by atoms with E-state index in [-0.39, 0.29) is 16.9 Å². The molecule has 0 N–H and O–H groups in total. The largest absolute Gasteiger partial charge is 0.372 e. The van der Waals surface area contributed by atoms with Crippen molar-refractivity contribution in [3.05, 3.63) is 0 Å². The molecule has 2 atom stereocenters. The van der Waals surface area contributed by atoms with Crippen molar-refractivity contribution in [1.82, 2.24) is 0 Å². The van der Waals surface area contributed by atoms with Gasteiger partial charge in [0, 0.05) is 10.8 Å². The lowest BCUT2D eigenvalue weighted by molar-refractivity contribution is -0.117. The van der Waals surface area contributed by atoms with Crippen LogP contribution in [-0.4, -0.2) is 24.5 Å². The van der Waals surface area contributed by atoms with E-state index in [1.807, 2.05) is 13.8 Å². The third kappa shape index (κ3) is 1.88. The van der Waals surface area contributed by atoms with Gasteiger partial charge in [-0.15, -0.1) is 11.6 Å². The van der Waals surface area contributed by atoms with Gasteiger partial charge in [0.25, 0.3) is 6.43 Å². The van der Waals surface area contributed by atoms with Crippen LogP contribution in [0.4, 0.5) is 8.78 Å². The third-order valence-corrected chi connectivity index (χ3v) is 3.22. The van der Waals surface area contributed by atoms with Crippen molar-refractivity contribution < 1.29 is 13.5 Å². The highest BCUT2D eigenvalue weighted by atomic mass is 35.5. The summed E-state index contributed by atoms with van der Waals surface area (Å²) in [6.45, 7) is 3.40. The fraction of sp³-hybridized carbons (Fsp3) is 1.00. The smallest absolute Gasteiger partial charge is 0.261 e. The van der Waals surface area contributed by atoms with Crippen LogP contribution >= 0.6 is 11.6 Å². The van der Waals surface area contributed by atoms with Crippen molar-refractivity contribution in [3.8, 4) is 0 Å². The van der Waals surface area contributed by atoms with Crippen molar-refractivity contribution in [1.29, 1.82) is 0 Å². The first-order valence-electron chi connectivity index (χ1n) is 3.98. The molecule has 1 rings (SSSR count). The van der Waals surface area contributed by atoms with Crippen molar-refractivity contribution >= 4 is 11.6 Å². The normalized spacial score (nSPS) is 33.5. The molecule has 1 aliphatic rings. The van der Waals surface area contributed by atoms with Gasteiger partial charge in [0.2, 0.25) is 0 Å². The van der Waals surface area contributed by atoms with Crippen molar-refractivity contribution in [2.24, 2.45) is 5.41 Å². The lowest BCUT2D eigenvalue weighted by Gasteiger charge is -2.48. The Morgan fingerprint density at radius 2 is 2.17 bits per heavy atom. The first kappa shape index (κ1) is 10.2. The van der Waals surface area contributed by atoms with E-state index in [1.165, 1.54) is 0 Å². The van der Waals surface area contributed by atoms with E-state index < -0.39 is 13.0 Å². The second kappa shape index (κ2) is 3.46. The lowest BCUT2D eigenvalue weighted by atomic mass is 9.68. The van der Waals surface area contributed by atoms with Crippen LogP contribution in [0.2, 0.25) is 0 Å². The minimum atomic E-state index is -2.38. The Balaban J connectivity index is 2.28. The molecule has 0 amide bonds. The average Bonchev–Trinajstić information content (AvgIpc) is 1.97. The molecule has 0 heterocycles. The topological polar surface area (TPSA) is 9.23 Å². The number of rotatable bonds is 3. The average molecular weight is 199 g/mol. The van der Waals surface area contributed by atoms with Crippen LogP contribution in [-0.2, 0) is 4.74 Å². The van der Waals surface area contributed by atoms with Gasteiger partial charge in [0.1, 0.15) is 6.61 Å². The highest BCUT2D eigenvalue weighted by Gasteiger charge is 2.48. The standard InChI is InChI=1S/C8H13ClF2O/c1-8(2)5(9)3-6(8)12-4-7(10)11/h5-7H,3-4H2,1-2H3. The molecule has 0 aromatic heterocycles. The first-order valence-corrected chi connectivity index (χ1v) is 4.42. The number of ether oxygens (including phenoxy) is 1. The molecular formula is C8H13ClF2O. The molecule has 0 aliphatic heterocycles. The van der Waals surface area contributed by atoms with E-state index in [4.69, 9.17) is 16.3 Å². The van der Waals surface area contributed by atoms with Gasteiger partial charge >= 0.3 is 0 Å². The van der Waals surface area contributed by atoms with Gasteiger partial charge in [0.05, 0.1) is 6.10 Å². The number of hydrogen-bond donors (Lipinski definition) is 0. The van der Waals surface area contributed by atoms with Crippen molar-refractivity contribution in [2.45, 2.75) is 38.2 Å². The Kier molecular flexibility index (Phi) is 2.94. The molecule has 1 saturated carbocycles. The maximum Gasteiger partial charge on any atom is 0.261 e. The zero-order chi connectivity index (χ0) is 9.35. The van der Waals surface area contributed by atoms with Gasteiger partial charge in [-0.3, -0.25) is 0 Å². The SMILES string of the molecule is CC1(C)C(Cl)CC1OCC(F)F. The summed E-state index contributed by atoms with van der Waals surface area (Å²) < 4.78 is 28.5. The monoisotopic (exact) mass is 198 g/mol. The van der Waals surface area contributed by atoms with Crippen LogP contribution in [0.1, 0.15) is 20.3 Å². The first-order chi connectivity index (χ1) is 5.44. The molecular weight excluding hydrogens is 186 g/mol. The summed E-state index contributed by atoms with van der Waals surface area (Å²) in [6.07, 6.45) is -1.80. The van der Waals surface area contributed by atoms with Gasteiger partial charge in [-0.25, -0.2) is 8.78 Å². The molecule has 72 valence electrons. The molecule has 0 aromatic carbocycles. The lowest BCUT2D eigenvalue weighted by Crippen LogP contribution is -2.52. The van der Waals surface area contributed by atoms with E-state index in [9.17, 15) is 8.78 Å². The molecule has 2 unspecified atom stereocenters. The van der Waals surface area contributed by atoms with Crippen LogP contribution in [0.5, 0.6) is 0 Å².